The zero-order valence-electron chi connectivity index (χ0n) is 22.3. The van der Waals surface area contributed by atoms with Gasteiger partial charge in [0.15, 0.2) is 0 Å². The molecule has 0 spiro atoms. The smallest absolute Gasteiger partial charge is 0.308 e. The Labute approximate surface area is 213 Å². The van der Waals surface area contributed by atoms with Gasteiger partial charge in [-0.25, -0.2) is 0 Å². The van der Waals surface area contributed by atoms with Crippen molar-refractivity contribution in [3.63, 3.8) is 0 Å². The fourth-order valence-corrected chi connectivity index (χ4v) is 4.96. The molecule has 0 amide bonds. The van der Waals surface area contributed by atoms with E-state index in [0.29, 0.717) is 12.8 Å². The number of hydrogen-bond donors (Lipinski definition) is 3. The molecule has 1 heterocycles. The predicted molar refractivity (Wildman–Crippen MR) is 137 cm³/mol. The summed E-state index contributed by atoms with van der Waals surface area (Å²) in [5.41, 5.74) is 0. The molecule has 5 atom stereocenters. The third kappa shape index (κ3) is 17.8. The fraction of sp³-hybridized carbons (Fsp3) is 0.929. The highest BCUT2D eigenvalue weighted by Gasteiger charge is 2.31. The summed E-state index contributed by atoms with van der Waals surface area (Å²) >= 11 is 0. The molecule has 1 saturated heterocycles. The van der Waals surface area contributed by atoms with Gasteiger partial charge < -0.3 is 24.8 Å². The second-order valence-corrected chi connectivity index (χ2v) is 10.5. The summed E-state index contributed by atoms with van der Waals surface area (Å²) in [6.45, 7) is 3.55. The summed E-state index contributed by atoms with van der Waals surface area (Å²) in [6.07, 6.45) is 14.8. The molecule has 7 heteroatoms. The number of cyclic esters (lactones) is 1. The Morgan fingerprint density at radius 3 is 1.97 bits per heavy atom. The highest BCUT2D eigenvalue weighted by Crippen LogP contribution is 2.23. The average Bonchev–Trinajstić information content (AvgIpc) is 2.75. The molecule has 206 valence electrons. The first-order chi connectivity index (χ1) is 16.8. The number of carbonyl (C=O) groups excluding carboxylic acids is 2. The van der Waals surface area contributed by atoms with Crippen LogP contribution in [0.5, 0.6) is 0 Å². The van der Waals surface area contributed by atoms with Gasteiger partial charge in [-0.2, -0.15) is 0 Å². The van der Waals surface area contributed by atoms with Crippen LogP contribution in [0.1, 0.15) is 136 Å². The molecular weight excluding hydrogens is 448 g/mol. The first-order valence-corrected chi connectivity index (χ1v) is 14.2. The Balaban J connectivity index is 2.12. The van der Waals surface area contributed by atoms with Crippen LogP contribution in [0.2, 0.25) is 0 Å². The molecule has 0 radical (unpaired) electrons. The van der Waals surface area contributed by atoms with E-state index in [1.54, 1.807) is 0 Å². The van der Waals surface area contributed by atoms with Crippen LogP contribution < -0.4 is 0 Å². The Kier molecular flexibility index (Phi) is 18.1. The number of ether oxygens (including phenoxy) is 2. The molecule has 5 unspecified atom stereocenters. The van der Waals surface area contributed by atoms with Crippen molar-refractivity contribution < 1.29 is 34.4 Å². The van der Waals surface area contributed by atoms with Crippen LogP contribution in [-0.4, -0.2) is 57.8 Å². The van der Waals surface area contributed by atoms with Crippen LogP contribution in [0.3, 0.4) is 0 Å². The summed E-state index contributed by atoms with van der Waals surface area (Å²) in [4.78, 5) is 23.0. The van der Waals surface area contributed by atoms with E-state index < -0.39 is 42.5 Å². The molecule has 0 saturated carbocycles. The van der Waals surface area contributed by atoms with Gasteiger partial charge in [0.25, 0.3) is 0 Å². The number of esters is 2. The Morgan fingerprint density at radius 1 is 0.914 bits per heavy atom. The van der Waals surface area contributed by atoms with Crippen molar-refractivity contribution in [2.75, 3.05) is 0 Å². The van der Waals surface area contributed by atoms with Crippen molar-refractivity contribution in [3.05, 3.63) is 0 Å². The van der Waals surface area contributed by atoms with Crippen LogP contribution in [0.4, 0.5) is 0 Å². The first kappa shape index (κ1) is 31.8. The molecule has 0 aliphatic carbocycles. The Morgan fingerprint density at radius 2 is 1.46 bits per heavy atom. The van der Waals surface area contributed by atoms with Crippen LogP contribution >= 0.6 is 0 Å². The lowest BCUT2D eigenvalue weighted by molar-refractivity contribution is -0.164. The van der Waals surface area contributed by atoms with Crippen LogP contribution in [0.25, 0.3) is 0 Å². The number of hydrogen-bond acceptors (Lipinski definition) is 7. The summed E-state index contributed by atoms with van der Waals surface area (Å²) in [6, 6.07) is 0. The van der Waals surface area contributed by atoms with Gasteiger partial charge in [-0.1, -0.05) is 90.4 Å². The second kappa shape index (κ2) is 19.9. The molecule has 0 aromatic heterocycles. The lowest BCUT2D eigenvalue weighted by Gasteiger charge is -2.29. The largest absolute Gasteiger partial charge is 0.462 e. The number of rotatable bonds is 21. The topological polar surface area (TPSA) is 113 Å². The van der Waals surface area contributed by atoms with Crippen LogP contribution in [0.15, 0.2) is 0 Å². The van der Waals surface area contributed by atoms with E-state index in [4.69, 9.17) is 9.47 Å². The Bertz CT molecular complexity index is 553. The van der Waals surface area contributed by atoms with Crippen molar-refractivity contribution in [2.45, 2.75) is 166 Å². The van der Waals surface area contributed by atoms with Gasteiger partial charge in [-0.05, 0) is 12.8 Å². The maximum absolute atomic E-state index is 11.5. The van der Waals surface area contributed by atoms with Crippen molar-refractivity contribution in [3.8, 4) is 0 Å². The van der Waals surface area contributed by atoms with Gasteiger partial charge in [0.2, 0.25) is 0 Å². The third-order valence-corrected chi connectivity index (χ3v) is 6.81. The molecule has 0 aromatic rings. The SMILES string of the molecule is CCCCCCCCCCCCCCCC(O)CC(O)CC(CC1CC(O)CC(=O)O1)OC(C)=O. The average molecular weight is 501 g/mol. The molecule has 0 bridgehead atoms. The molecule has 1 aliphatic heterocycles. The summed E-state index contributed by atoms with van der Waals surface area (Å²) in [5.74, 6) is -0.943. The summed E-state index contributed by atoms with van der Waals surface area (Å²) < 4.78 is 10.5. The minimum absolute atomic E-state index is 0.0251. The van der Waals surface area contributed by atoms with Gasteiger partial charge in [0.1, 0.15) is 12.2 Å². The lowest BCUT2D eigenvalue weighted by atomic mass is 9.95. The van der Waals surface area contributed by atoms with E-state index in [-0.39, 0.29) is 25.7 Å². The molecule has 3 N–H and O–H groups in total. The van der Waals surface area contributed by atoms with Crippen molar-refractivity contribution in [1.29, 1.82) is 0 Å². The van der Waals surface area contributed by atoms with Gasteiger partial charge in [-0.15, -0.1) is 0 Å². The number of unbranched alkanes of at least 4 members (excludes halogenated alkanes) is 12. The van der Waals surface area contributed by atoms with Gasteiger partial charge in [0.05, 0.1) is 24.7 Å². The van der Waals surface area contributed by atoms with Gasteiger partial charge >= 0.3 is 11.9 Å². The zero-order valence-corrected chi connectivity index (χ0v) is 22.3. The second-order valence-electron chi connectivity index (χ2n) is 10.5. The maximum Gasteiger partial charge on any atom is 0.308 e. The molecular formula is C28H52O7. The monoisotopic (exact) mass is 500 g/mol. The fourth-order valence-electron chi connectivity index (χ4n) is 4.96. The quantitative estimate of drug-likeness (QED) is 0.144. The van der Waals surface area contributed by atoms with Crippen LogP contribution in [0, 0.1) is 0 Å². The molecule has 1 rings (SSSR count). The first-order valence-electron chi connectivity index (χ1n) is 14.2. The van der Waals surface area contributed by atoms with E-state index in [1.807, 2.05) is 0 Å². The summed E-state index contributed by atoms with van der Waals surface area (Å²) in [5, 5.41) is 30.5. The third-order valence-electron chi connectivity index (χ3n) is 6.81. The minimum Gasteiger partial charge on any atom is -0.462 e. The van der Waals surface area contributed by atoms with E-state index in [1.165, 1.54) is 77.6 Å². The van der Waals surface area contributed by atoms with Gasteiger partial charge in [-0.3, -0.25) is 9.59 Å². The minimum atomic E-state index is -0.819. The molecule has 35 heavy (non-hydrogen) atoms. The van der Waals surface area contributed by atoms with E-state index in [9.17, 15) is 24.9 Å². The van der Waals surface area contributed by atoms with E-state index in [2.05, 4.69) is 6.92 Å². The number of carbonyl (C=O) groups is 2. The van der Waals surface area contributed by atoms with E-state index in [0.717, 1.165) is 12.8 Å². The van der Waals surface area contributed by atoms with E-state index >= 15 is 0 Å². The highest BCUT2D eigenvalue weighted by atomic mass is 16.6. The zero-order chi connectivity index (χ0) is 25.9. The normalized spacial score (nSPS) is 20.8. The summed E-state index contributed by atoms with van der Waals surface area (Å²) in [7, 11) is 0. The molecule has 1 fully saturated rings. The number of aliphatic hydroxyl groups is 3. The van der Waals surface area contributed by atoms with Crippen molar-refractivity contribution >= 4 is 11.9 Å². The van der Waals surface area contributed by atoms with Gasteiger partial charge in [0, 0.05) is 26.2 Å². The predicted octanol–water partition coefficient (Wildman–Crippen LogP) is 5.36. The van der Waals surface area contributed by atoms with Crippen LogP contribution in [-0.2, 0) is 19.1 Å². The standard InChI is InChI=1S/C28H52O7/c1-3-4-5-6-7-8-9-10-11-12-13-14-15-16-23(30)17-24(31)18-26(34-22(2)29)21-27-19-25(32)20-28(33)35-27/h23-27,30-32H,3-21H2,1-2H3. The van der Waals surface area contributed by atoms with Crippen molar-refractivity contribution in [2.24, 2.45) is 0 Å². The highest BCUT2D eigenvalue weighted by molar-refractivity contribution is 5.71. The lowest BCUT2D eigenvalue weighted by Crippen LogP contribution is -2.37. The molecule has 0 aromatic carbocycles. The molecule has 1 aliphatic rings. The van der Waals surface area contributed by atoms with Crippen molar-refractivity contribution in [1.82, 2.24) is 0 Å². The maximum atomic E-state index is 11.5. The Hall–Kier alpha value is -1.18. The molecule has 7 nitrogen and oxygen atoms in total. The number of aliphatic hydroxyl groups excluding tert-OH is 3.